The minimum atomic E-state index is -0.453. The largest absolute Gasteiger partial charge is 0.438 e. The molecule has 0 amide bonds. The Morgan fingerprint density at radius 3 is 2.32 bits per heavy atom. The van der Waals surface area contributed by atoms with Gasteiger partial charge in [0.1, 0.15) is 0 Å². The molecule has 0 aromatic carbocycles. The van der Waals surface area contributed by atoms with Crippen LogP contribution in [0.15, 0.2) is 9.32 Å². The summed E-state index contributed by atoms with van der Waals surface area (Å²) < 4.78 is 4.65. The number of hydrogen-bond donors (Lipinski definition) is 2. The molecule has 19 heavy (non-hydrogen) atoms. The zero-order chi connectivity index (χ0) is 13.0. The van der Waals surface area contributed by atoms with E-state index < -0.39 is 5.76 Å². The van der Waals surface area contributed by atoms with Crippen molar-refractivity contribution in [1.82, 2.24) is 10.1 Å². The molecular formula is C14H21N3O2. The molecule has 1 aromatic heterocycles. The van der Waals surface area contributed by atoms with Crippen LogP contribution in [-0.4, -0.2) is 16.7 Å². The smallest absolute Gasteiger partial charge is 0.330 e. The number of hydrogen-bond acceptors (Lipinski definition) is 4. The highest BCUT2D eigenvalue weighted by Crippen LogP contribution is 2.62. The summed E-state index contributed by atoms with van der Waals surface area (Å²) in [4.78, 5) is 13.8. The van der Waals surface area contributed by atoms with Crippen molar-refractivity contribution in [3.8, 4) is 0 Å². The highest BCUT2D eigenvalue weighted by molar-refractivity contribution is 5.09. The van der Waals surface area contributed by atoms with Gasteiger partial charge < -0.3 is 5.73 Å². The van der Waals surface area contributed by atoms with Gasteiger partial charge in [0, 0.05) is 6.42 Å². The van der Waals surface area contributed by atoms with Crippen LogP contribution in [0.1, 0.15) is 37.9 Å². The SMILES string of the molecule is NCC1(Cc2noc(=O)[nH]2)C2CC3CC(C2)CC1C3. The number of nitrogens with zero attached hydrogens (tertiary/aromatic N) is 1. The van der Waals surface area contributed by atoms with Crippen molar-refractivity contribution >= 4 is 0 Å². The van der Waals surface area contributed by atoms with E-state index in [1.54, 1.807) is 0 Å². The number of aromatic amines is 1. The van der Waals surface area contributed by atoms with Crippen molar-refractivity contribution in [2.75, 3.05) is 6.54 Å². The number of rotatable bonds is 3. The van der Waals surface area contributed by atoms with Crippen LogP contribution >= 0.6 is 0 Å². The van der Waals surface area contributed by atoms with Crippen LogP contribution in [0.25, 0.3) is 0 Å². The molecule has 0 spiro atoms. The Kier molecular flexibility index (Phi) is 2.43. The first-order valence-electron chi connectivity index (χ1n) is 7.44. The van der Waals surface area contributed by atoms with Crippen molar-refractivity contribution in [3.63, 3.8) is 0 Å². The Balaban J connectivity index is 1.67. The topological polar surface area (TPSA) is 84.9 Å². The molecule has 3 N–H and O–H groups in total. The predicted molar refractivity (Wildman–Crippen MR) is 69.4 cm³/mol. The molecule has 5 heteroatoms. The summed E-state index contributed by atoms with van der Waals surface area (Å²) in [5.41, 5.74) is 6.34. The van der Waals surface area contributed by atoms with Crippen LogP contribution in [0.3, 0.4) is 0 Å². The van der Waals surface area contributed by atoms with Crippen molar-refractivity contribution in [3.05, 3.63) is 16.4 Å². The standard InChI is InChI=1S/C14H21N3O2/c15-7-14(6-12-16-13(18)19-17-12)10-2-8-1-9(4-10)5-11(14)3-8/h8-11H,1-7,15H2,(H,16,17,18). The summed E-state index contributed by atoms with van der Waals surface area (Å²) in [7, 11) is 0. The third kappa shape index (κ3) is 1.64. The fourth-order valence-electron chi connectivity index (χ4n) is 5.47. The molecule has 0 atom stereocenters. The molecule has 4 bridgehead atoms. The molecule has 5 nitrogen and oxygen atoms in total. The zero-order valence-corrected chi connectivity index (χ0v) is 11.1. The van der Waals surface area contributed by atoms with Gasteiger partial charge in [-0.05, 0) is 67.7 Å². The van der Waals surface area contributed by atoms with Crippen LogP contribution in [0.2, 0.25) is 0 Å². The fourth-order valence-corrected chi connectivity index (χ4v) is 5.47. The summed E-state index contributed by atoms with van der Waals surface area (Å²) in [5.74, 6) is 3.52. The molecule has 0 radical (unpaired) electrons. The normalized spacial score (nSPS) is 43.8. The summed E-state index contributed by atoms with van der Waals surface area (Å²) in [6.45, 7) is 0.705. The number of H-pyrrole nitrogens is 1. The van der Waals surface area contributed by atoms with Crippen molar-refractivity contribution in [2.45, 2.75) is 38.5 Å². The van der Waals surface area contributed by atoms with Crippen molar-refractivity contribution in [1.29, 1.82) is 0 Å². The summed E-state index contributed by atoms with van der Waals surface area (Å²) in [6.07, 6.45) is 7.52. The Hall–Kier alpha value is -1.10. The van der Waals surface area contributed by atoms with Gasteiger partial charge in [0.25, 0.3) is 0 Å². The van der Waals surface area contributed by atoms with E-state index in [0.29, 0.717) is 24.2 Å². The van der Waals surface area contributed by atoms with Gasteiger partial charge >= 0.3 is 5.76 Å². The highest BCUT2D eigenvalue weighted by atomic mass is 16.5. The van der Waals surface area contributed by atoms with Crippen LogP contribution < -0.4 is 11.5 Å². The minimum absolute atomic E-state index is 0.146. The lowest BCUT2D eigenvalue weighted by atomic mass is 9.44. The van der Waals surface area contributed by atoms with E-state index in [1.807, 2.05) is 0 Å². The molecular weight excluding hydrogens is 242 g/mol. The fraction of sp³-hybridized carbons (Fsp3) is 0.857. The quantitative estimate of drug-likeness (QED) is 0.861. The summed E-state index contributed by atoms with van der Waals surface area (Å²) in [6, 6.07) is 0. The van der Waals surface area contributed by atoms with E-state index >= 15 is 0 Å². The average Bonchev–Trinajstić information content (AvgIpc) is 2.78. The number of aromatic nitrogens is 2. The van der Waals surface area contributed by atoms with Gasteiger partial charge in [0.15, 0.2) is 5.82 Å². The Morgan fingerprint density at radius 2 is 1.84 bits per heavy atom. The van der Waals surface area contributed by atoms with Gasteiger partial charge in [-0.1, -0.05) is 5.16 Å². The van der Waals surface area contributed by atoms with Gasteiger partial charge in [-0.25, -0.2) is 4.79 Å². The number of nitrogens with two attached hydrogens (primary N) is 1. The Morgan fingerprint density at radius 1 is 1.21 bits per heavy atom. The first-order chi connectivity index (χ1) is 9.19. The second kappa shape index (κ2) is 3.95. The molecule has 0 saturated heterocycles. The minimum Gasteiger partial charge on any atom is -0.330 e. The molecule has 0 unspecified atom stereocenters. The molecule has 4 aliphatic carbocycles. The van der Waals surface area contributed by atoms with Crippen LogP contribution in [0.5, 0.6) is 0 Å². The van der Waals surface area contributed by atoms with E-state index in [9.17, 15) is 4.79 Å². The lowest BCUT2D eigenvalue weighted by Crippen LogP contribution is -2.57. The monoisotopic (exact) mass is 263 g/mol. The molecule has 0 aliphatic heterocycles. The van der Waals surface area contributed by atoms with Crippen LogP contribution in [0, 0.1) is 29.1 Å². The van der Waals surface area contributed by atoms with E-state index in [-0.39, 0.29) is 5.41 Å². The third-order valence-corrected chi connectivity index (χ3v) is 6.13. The molecule has 1 heterocycles. The molecule has 1 aromatic rings. The predicted octanol–water partition coefficient (Wildman–Crippen LogP) is 1.31. The van der Waals surface area contributed by atoms with E-state index in [4.69, 9.17) is 5.73 Å². The van der Waals surface area contributed by atoms with Gasteiger partial charge in [-0.15, -0.1) is 0 Å². The first-order valence-corrected chi connectivity index (χ1v) is 7.44. The maximum atomic E-state index is 11.1. The first kappa shape index (κ1) is 11.7. The number of nitrogens with one attached hydrogen (secondary N) is 1. The molecule has 5 rings (SSSR count). The van der Waals surface area contributed by atoms with Gasteiger partial charge in [-0.2, -0.15) is 0 Å². The van der Waals surface area contributed by atoms with Gasteiger partial charge in [0.2, 0.25) is 0 Å². The molecule has 104 valence electrons. The van der Waals surface area contributed by atoms with Gasteiger partial charge in [0.05, 0.1) is 0 Å². The highest BCUT2D eigenvalue weighted by Gasteiger charge is 2.56. The van der Waals surface area contributed by atoms with Crippen LogP contribution in [0.4, 0.5) is 0 Å². The van der Waals surface area contributed by atoms with Crippen molar-refractivity contribution < 1.29 is 4.52 Å². The van der Waals surface area contributed by atoms with E-state index in [2.05, 4.69) is 14.7 Å². The summed E-state index contributed by atoms with van der Waals surface area (Å²) in [5, 5.41) is 3.86. The van der Waals surface area contributed by atoms with Gasteiger partial charge in [-0.3, -0.25) is 9.51 Å². The second-order valence-electron chi connectivity index (χ2n) is 6.96. The third-order valence-electron chi connectivity index (χ3n) is 6.13. The summed E-state index contributed by atoms with van der Waals surface area (Å²) >= 11 is 0. The zero-order valence-electron chi connectivity index (χ0n) is 11.1. The average molecular weight is 263 g/mol. The van der Waals surface area contributed by atoms with Crippen LogP contribution in [-0.2, 0) is 6.42 Å². The molecule has 4 fully saturated rings. The molecule has 4 saturated carbocycles. The lowest BCUT2D eigenvalue weighted by Gasteiger charge is -2.61. The maximum Gasteiger partial charge on any atom is 0.438 e. The van der Waals surface area contributed by atoms with E-state index in [1.165, 1.54) is 32.1 Å². The lowest BCUT2D eigenvalue weighted by molar-refractivity contribution is -0.104. The molecule has 4 aliphatic rings. The Labute approximate surface area is 111 Å². The van der Waals surface area contributed by atoms with Crippen molar-refractivity contribution in [2.24, 2.45) is 34.8 Å². The Bertz CT molecular complexity index is 505. The second-order valence-corrected chi connectivity index (χ2v) is 6.96. The van der Waals surface area contributed by atoms with E-state index in [0.717, 1.165) is 18.3 Å². The maximum absolute atomic E-state index is 11.1.